The van der Waals surface area contributed by atoms with E-state index < -0.39 is 11.9 Å². The van der Waals surface area contributed by atoms with Crippen LogP contribution in [0.5, 0.6) is 0 Å². The quantitative estimate of drug-likeness (QED) is 0.144. The van der Waals surface area contributed by atoms with Crippen molar-refractivity contribution in [1.82, 2.24) is 0 Å². The number of carbonyl (C=O) groups excluding carboxylic acids is 2. The molecular formula is C24H40O3. The number of carbonyl (C=O) groups is 2. The van der Waals surface area contributed by atoms with Crippen molar-refractivity contribution >= 4 is 11.9 Å². The zero-order chi connectivity index (χ0) is 19.6. The van der Waals surface area contributed by atoms with Gasteiger partial charge in [0.15, 0.2) is 0 Å². The van der Waals surface area contributed by atoms with Crippen LogP contribution >= 0.6 is 0 Å². The third-order valence-electron chi connectivity index (χ3n) is 5.22. The van der Waals surface area contributed by atoms with Crippen LogP contribution in [-0.2, 0) is 14.3 Å². The lowest BCUT2D eigenvalue weighted by atomic mass is 10.0. The van der Waals surface area contributed by atoms with Gasteiger partial charge in [-0.3, -0.25) is 0 Å². The molecule has 0 radical (unpaired) electrons. The number of rotatable bonds is 18. The fourth-order valence-electron chi connectivity index (χ4n) is 3.50. The first kappa shape index (κ1) is 23.7. The molecule has 0 amide bonds. The van der Waals surface area contributed by atoms with Crippen molar-refractivity contribution in [3.05, 3.63) is 23.8 Å². The van der Waals surface area contributed by atoms with Gasteiger partial charge in [-0.2, -0.15) is 0 Å². The van der Waals surface area contributed by atoms with Crippen molar-refractivity contribution in [2.75, 3.05) is 0 Å². The van der Waals surface area contributed by atoms with Crippen molar-refractivity contribution in [3.63, 3.8) is 0 Å². The second-order valence-corrected chi connectivity index (χ2v) is 7.80. The largest absolute Gasteiger partial charge is 0.386 e. The molecule has 0 spiro atoms. The van der Waals surface area contributed by atoms with Crippen LogP contribution in [0.1, 0.15) is 116 Å². The Morgan fingerprint density at radius 3 is 1.56 bits per heavy atom. The molecule has 1 aliphatic rings. The summed E-state index contributed by atoms with van der Waals surface area (Å²) in [4.78, 5) is 22.1. The van der Waals surface area contributed by atoms with Crippen LogP contribution in [0.25, 0.3) is 0 Å². The molecule has 0 saturated carbocycles. The van der Waals surface area contributed by atoms with E-state index in [1.165, 1.54) is 102 Å². The van der Waals surface area contributed by atoms with Gasteiger partial charge in [0.25, 0.3) is 0 Å². The van der Waals surface area contributed by atoms with Gasteiger partial charge in [0.1, 0.15) is 0 Å². The molecular weight excluding hydrogens is 336 g/mol. The molecule has 154 valence electrons. The number of hydrogen-bond donors (Lipinski definition) is 0. The molecule has 0 aromatic rings. The number of esters is 2. The Morgan fingerprint density at radius 1 is 0.704 bits per heavy atom. The normalized spacial score (nSPS) is 14.2. The lowest BCUT2D eigenvalue weighted by molar-refractivity contribution is -0.150. The van der Waals surface area contributed by atoms with E-state index in [9.17, 15) is 9.59 Å². The minimum Gasteiger partial charge on any atom is -0.386 e. The van der Waals surface area contributed by atoms with E-state index in [1.54, 1.807) is 6.08 Å². The SMILES string of the molecule is CCCCCCCCCCCCCCCCCC/C=C/C1=CC(=O)OC1=O. The smallest absolute Gasteiger partial charge is 0.346 e. The highest BCUT2D eigenvalue weighted by molar-refractivity contribution is 6.10. The van der Waals surface area contributed by atoms with E-state index in [4.69, 9.17) is 0 Å². The molecule has 0 atom stereocenters. The first-order valence-electron chi connectivity index (χ1n) is 11.4. The standard InChI is InChI=1S/C24H40O3/c1-2-3-4-5-6-7-8-9-10-11-12-13-14-15-16-17-18-19-20-22-21-23(25)27-24(22)26/h19-21H,2-18H2,1H3/b20-19+. The molecule has 0 unspecified atom stereocenters. The number of cyclic esters (lactones) is 2. The van der Waals surface area contributed by atoms with Crippen LogP contribution < -0.4 is 0 Å². The number of unbranched alkanes of at least 4 members (excludes halogenated alkanes) is 16. The van der Waals surface area contributed by atoms with Gasteiger partial charge < -0.3 is 4.74 Å². The van der Waals surface area contributed by atoms with Crippen LogP contribution in [0, 0.1) is 0 Å². The van der Waals surface area contributed by atoms with Crippen molar-refractivity contribution in [3.8, 4) is 0 Å². The minimum atomic E-state index is -0.554. The molecule has 3 nitrogen and oxygen atoms in total. The third kappa shape index (κ3) is 13.4. The Bertz CT molecular complexity index is 462. The summed E-state index contributed by atoms with van der Waals surface area (Å²) in [6.07, 6.45) is 27.9. The van der Waals surface area contributed by atoms with E-state index in [0.29, 0.717) is 5.57 Å². The molecule has 0 aliphatic carbocycles. The van der Waals surface area contributed by atoms with Crippen molar-refractivity contribution in [2.24, 2.45) is 0 Å². The van der Waals surface area contributed by atoms with Crippen molar-refractivity contribution in [2.45, 2.75) is 116 Å². The van der Waals surface area contributed by atoms with E-state index in [-0.39, 0.29) is 0 Å². The topological polar surface area (TPSA) is 43.4 Å². The van der Waals surface area contributed by atoms with Crippen LogP contribution in [-0.4, -0.2) is 11.9 Å². The van der Waals surface area contributed by atoms with Gasteiger partial charge >= 0.3 is 11.9 Å². The summed E-state index contributed by atoms with van der Waals surface area (Å²) < 4.78 is 4.44. The average Bonchev–Trinajstić information content (AvgIpc) is 2.98. The lowest BCUT2D eigenvalue weighted by Gasteiger charge is -2.03. The average molecular weight is 377 g/mol. The molecule has 0 aromatic heterocycles. The summed E-state index contributed by atoms with van der Waals surface area (Å²) in [7, 11) is 0. The Balaban J connectivity index is 1.76. The summed E-state index contributed by atoms with van der Waals surface area (Å²) in [5.41, 5.74) is 0.372. The summed E-state index contributed by atoms with van der Waals surface area (Å²) >= 11 is 0. The molecule has 0 fully saturated rings. The molecule has 27 heavy (non-hydrogen) atoms. The van der Waals surface area contributed by atoms with Gasteiger partial charge in [-0.15, -0.1) is 0 Å². The maximum absolute atomic E-state index is 11.2. The third-order valence-corrected chi connectivity index (χ3v) is 5.22. The highest BCUT2D eigenvalue weighted by atomic mass is 16.6. The van der Waals surface area contributed by atoms with E-state index in [0.717, 1.165) is 12.8 Å². The van der Waals surface area contributed by atoms with Gasteiger partial charge in [-0.05, 0) is 12.8 Å². The van der Waals surface area contributed by atoms with E-state index in [1.807, 2.05) is 6.08 Å². The molecule has 0 N–H and O–H groups in total. The molecule has 0 saturated heterocycles. The number of ether oxygens (including phenoxy) is 1. The lowest BCUT2D eigenvalue weighted by Crippen LogP contribution is -2.00. The summed E-state index contributed by atoms with van der Waals surface area (Å²) in [5, 5.41) is 0. The molecule has 0 aromatic carbocycles. The Morgan fingerprint density at radius 2 is 1.15 bits per heavy atom. The van der Waals surface area contributed by atoms with Crippen LogP contribution in [0.4, 0.5) is 0 Å². The Kier molecular flexibility index (Phi) is 14.7. The summed E-state index contributed by atoms with van der Waals surface area (Å²) in [6, 6.07) is 0. The fourth-order valence-corrected chi connectivity index (χ4v) is 3.50. The number of allylic oxidation sites excluding steroid dienone is 1. The van der Waals surface area contributed by atoms with E-state index >= 15 is 0 Å². The predicted octanol–water partition coefficient (Wildman–Crippen LogP) is 7.20. The minimum absolute atomic E-state index is 0.372. The van der Waals surface area contributed by atoms with Crippen LogP contribution in [0.2, 0.25) is 0 Å². The zero-order valence-corrected chi connectivity index (χ0v) is 17.5. The van der Waals surface area contributed by atoms with Crippen molar-refractivity contribution < 1.29 is 14.3 Å². The summed E-state index contributed by atoms with van der Waals surface area (Å²) in [6.45, 7) is 2.28. The van der Waals surface area contributed by atoms with Gasteiger partial charge in [-0.25, -0.2) is 9.59 Å². The molecule has 1 heterocycles. The Hall–Kier alpha value is -1.38. The predicted molar refractivity (Wildman–Crippen MR) is 112 cm³/mol. The maximum atomic E-state index is 11.2. The number of hydrogen-bond acceptors (Lipinski definition) is 3. The first-order chi connectivity index (χ1) is 13.2. The van der Waals surface area contributed by atoms with Gasteiger partial charge in [0.05, 0.1) is 5.57 Å². The monoisotopic (exact) mass is 376 g/mol. The first-order valence-corrected chi connectivity index (χ1v) is 11.4. The molecule has 1 rings (SSSR count). The highest BCUT2D eigenvalue weighted by Gasteiger charge is 2.20. The van der Waals surface area contributed by atoms with Gasteiger partial charge in [0, 0.05) is 6.08 Å². The molecule has 3 heteroatoms. The maximum Gasteiger partial charge on any atom is 0.346 e. The van der Waals surface area contributed by atoms with Crippen molar-refractivity contribution in [1.29, 1.82) is 0 Å². The summed E-state index contributed by atoms with van der Waals surface area (Å²) in [5.74, 6) is -1.08. The van der Waals surface area contributed by atoms with Crippen LogP contribution in [0.15, 0.2) is 23.8 Å². The van der Waals surface area contributed by atoms with E-state index in [2.05, 4.69) is 11.7 Å². The highest BCUT2D eigenvalue weighted by Crippen LogP contribution is 2.14. The molecule has 0 bridgehead atoms. The van der Waals surface area contributed by atoms with Crippen LogP contribution in [0.3, 0.4) is 0 Å². The Labute approximate surface area is 166 Å². The fraction of sp³-hybridized carbons (Fsp3) is 0.750. The molecule has 1 aliphatic heterocycles. The van der Waals surface area contributed by atoms with Gasteiger partial charge in [0.2, 0.25) is 0 Å². The zero-order valence-electron chi connectivity index (χ0n) is 17.5. The second kappa shape index (κ2) is 16.8. The van der Waals surface area contributed by atoms with Gasteiger partial charge in [-0.1, -0.05) is 115 Å². The second-order valence-electron chi connectivity index (χ2n) is 7.80.